The Hall–Kier alpha value is -3.28. The summed E-state index contributed by atoms with van der Waals surface area (Å²) in [4.78, 5) is 23.0. The highest BCUT2D eigenvalue weighted by Crippen LogP contribution is 2.31. The number of rotatable bonds is 5. The number of anilines is 1. The highest BCUT2D eigenvalue weighted by Gasteiger charge is 2.29. The van der Waals surface area contributed by atoms with Crippen LogP contribution in [-0.4, -0.2) is 27.3 Å². The first kappa shape index (κ1) is 20.0. The number of nitrogens with zero attached hydrogens (tertiary/aromatic N) is 3. The number of carbonyl (C=O) groups excluding carboxylic acids is 1. The maximum absolute atomic E-state index is 15.0. The lowest BCUT2D eigenvalue weighted by Crippen LogP contribution is -2.22. The summed E-state index contributed by atoms with van der Waals surface area (Å²) < 4.78 is 15.0. The van der Waals surface area contributed by atoms with E-state index in [-0.39, 0.29) is 17.8 Å². The van der Waals surface area contributed by atoms with Gasteiger partial charge in [-0.05, 0) is 63.1 Å². The maximum atomic E-state index is 15.0. The molecule has 1 unspecified atom stereocenters. The van der Waals surface area contributed by atoms with E-state index in [1.54, 1.807) is 23.2 Å². The quantitative estimate of drug-likeness (QED) is 0.647. The molecule has 30 heavy (non-hydrogen) atoms. The lowest BCUT2D eigenvalue weighted by Gasteiger charge is -2.18. The topological polar surface area (TPSA) is 58.1 Å². The van der Waals surface area contributed by atoms with Crippen molar-refractivity contribution in [2.75, 3.05) is 11.9 Å². The van der Waals surface area contributed by atoms with Crippen molar-refractivity contribution < 1.29 is 9.18 Å². The minimum Gasteiger partial charge on any atom is -0.363 e. The van der Waals surface area contributed by atoms with E-state index >= 15 is 0 Å². The van der Waals surface area contributed by atoms with E-state index in [0.717, 1.165) is 28.1 Å². The zero-order valence-corrected chi connectivity index (χ0v) is 17.7. The summed E-state index contributed by atoms with van der Waals surface area (Å²) >= 11 is 0. The maximum Gasteiger partial charge on any atom is 0.254 e. The van der Waals surface area contributed by atoms with E-state index in [2.05, 4.69) is 15.3 Å². The van der Waals surface area contributed by atoms with Crippen molar-refractivity contribution in [1.82, 2.24) is 14.9 Å². The number of hydrogen-bond donors (Lipinski definition) is 1. The molecule has 0 radical (unpaired) electrons. The number of hydrogen-bond acceptors (Lipinski definition) is 4. The summed E-state index contributed by atoms with van der Waals surface area (Å²) in [6, 6.07) is 10.7. The molecule has 0 saturated carbocycles. The van der Waals surface area contributed by atoms with Gasteiger partial charge in [0.25, 0.3) is 5.91 Å². The Morgan fingerprint density at radius 1 is 1.13 bits per heavy atom. The van der Waals surface area contributed by atoms with Crippen LogP contribution >= 0.6 is 0 Å². The molecule has 4 rings (SSSR count). The van der Waals surface area contributed by atoms with Gasteiger partial charge in [0.2, 0.25) is 0 Å². The molecule has 1 atom stereocenters. The summed E-state index contributed by atoms with van der Waals surface area (Å²) in [7, 11) is 0. The second-order valence-electron chi connectivity index (χ2n) is 7.75. The van der Waals surface area contributed by atoms with E-state index < -0.39 is 0 Å². The predicted molar refractivity (Wildman–Crippen MR) is 116 cm³/mol. The van der Waals surface area contributed by atoms with Gasteiger partial charge < -0.3 is 10.2 Å². The first-order valence-corrected chi connectivity index (χ1v) is 10.2. The number of benzene rings is 1. The van der Waals surface area contributed by atoms with E-state index in [1.165, 1.54) is 0 Å². The van der Waals surface area contributed by atoms with E-state index in [0.29, 0.717) is 30.0 Å². The van der Waals surface area contributed by atoms with Crippen molar-refractivity contribution in [2.24, 2.45) is 0 Å². The van der Waals surface area contributed by atoms with Crippen molar-refractivity contribution in [3.8, 4) is 11.1 Å². The summed E-state index contributed by atoms with van der Waals surface area (Å²) in [6.07, 6.45) is 1.64. The Labute approximate surface area is 176 Å². The second kappa shape index (κ2) is 7.86. The number of nitrogens with one attached hydrogen (secondary N) is 1. The molecule has 6 heteroatoms. The zero-order valence-electron chi connectivity index (χ0n) is 17.7. The van der Waals surface area contributed by atoms with Crippen LogP contribution in [0.1, 0.15) is 52.8 Å². The first-order valence-electron chi connectivity index (χ1n) is 10.2. The van der Waals surface area contributed by atoms with E-state index in [4.69, 9.17) is 0 Å². The van der Waals surface area contributed by atoms with Gasteiger partial charge in [-0.2, -0.15) is 0 Å². The van der Waals surface area contributed by atoms with Gasteiger partial charge in [-0.25, -0.2) is 9.37 Å². The number of halogens is 1. The Morgan fingerprint density at radius 3 is 2.53 bits per heavy atom. The smallest absolute Gasteiger partial charge is 0.254 e. The SMILES string of the molecule is CCN1Cc2c(ccnc2NC(C)c2ccc(-c3cc(C)nc(C)c3)c(F)c2)C1=O. The molecule has 154 valence electrons. The van der Waals surface area contributed by atoms with Gasteiger partial charge in [0.05, 0.1) is 12.6 Å². The average molecular weight is 404 g/mol. The van der Waals surface area contributed by atoms with Gasteiger partial charge in [0.15, 0.2) is 0 Å². The molecular weight excluding hydrogens is 379 g/mol. The van der Waals surface area contributed by atoms with Gasteiger partial charge in [-0.1, -0.05) is 12.1 Å². The molecule has 0 bridgehead atoms. The molecule has 0 fully saturated rings. The van der Waals surface area contributed by atoms with Crippen LogP contribution in [0.5, 0.6) is 0 Å². The average Bonchev–Trinajstić information content (AvgIpc) is 3.04. The fourth-order valence-corrected chi connectivity index (χ4v) is 3.98. The number of fused-ring (bicyclic) bond motifs is 1. The summed E-state index contributed by atoms with van der Waals surface area (Å²) in [6.45, 7) is 8.94. The van der Waals surface area contributed by atoms with Crippen molar-refractivity contribution in [3.05, 3.63) is 76.5 Å². The molecule has 1 N–H and O–H groups in total. The van der Waals surface area contributed by atoms with Gasteiger partial charge in [0, 0.05) is 40.8 Å². The second-order valence-corrected chi connectivity index (χ2v) is 7.75. The van der Waals surface area contributed by atoms with Crippen LogP contribution in [0.3, 0.4) is 0 Å². The molecule has 0 saturated heterocycles. The normalized spacial score (nSPS) is 14.0. The van der Waals surface area contributed by atoms with Crippen LogP contribution in [-0.2, 0) is 6.54 Å². The van der Waals surface area contributed by atoms with Crippen molar-refractivity contribution in [1.29, 1.82) is 0 Å². The number of pyridine rings is 2. The van der Waals surface area contributed by atoms with Crippen molar-refractivity contribution >= 4 is 11.7 Å². The summed E-state index contributed by atoms with van der Waals surface area (Å²) in [5.41, 5.74) is 5.51. The lowest BCUT2D eigenvalue weighted by atomic mass is 10.00. The van der Waals surface area contributed by atoms with Gasteiger partial charge in [0.1, 0.15) is 11.6 Å². The number of amides is 1. The number of aryl methyl sites for hydroxylation is 2. The van der Waals surface area contributed by atoms with Crippen LogP contribution < -0.4 is 5.32 Å². The molecule has 1 aromatic carbocycles. The molecular formula is C24H25FN4O. The molecule has 5 nitrogen and oxygen atoms in total. The van der Waals surface area contributed by atoms with E-state index in [1.807, 2.05) is 52.0 Å². The van der Waals surface area contributed by atoms with Crippen LogP contribution in [0, 0.1) is 19.7 Å². The van der Waals surface area contributed by atoms with Crippen LogP contribution in [0.4, 0.5) is 10.2 Å². The third-order valence-electron chi connectivity index (χ3n) is 5.54. The molecule has 2 aromatic heterocycles. The highest BCUT2D eigenvalue weighted by molar-refractivity contribution is 5.99. The van der Waals surface area contributed by atoms with Gasteiger partial charge in [-0.3, -0.25) is 9.78 Å². The van der Waals surface area contributed by atoms with Crippen molar-refractivity contribution in [3.63, 3.8) is 0 Å². The Balaban J connectivity index is 1.59. The van der Waals surface area contributed by atoms with Crippen LogP contribution in [0.15, 0.2) is 42.6 Å². The molecule has 0 aliphatic carbocycles. The van der Waals surface area contributed by atoms with Crippen LogP contribution in [0.25, 0.3) is 11.1 Å². The zero-order chi connectivity index (χ0) is 21.4. The summed E-state index contributed by atoms with van der Waals surface area (Å²) in [5.74, 6) is 0.433. The standard InChI is InChI=1S/C24H25FN4O/c1-5-29-13-21-20(24(29)30)8-9-26-23(21)28-16(4)17-6-7-19(22(25)12-17)18-10-14(2)27-15(3)11-18/h6-12,16H,5,13H2,1-4H3,(H,26,28). The van der Waals surface area contributed by atoms with Crippen molar-refractivity contribution in [2.45, 2.75) is 40.3 Å². The first-order chi connectivity index (χ1) is 14.4. The third-order valence-corrected chi connectivity index (χ3v) is 5.54. The number of carbonyl (C=O) groups is 1. The van der Waals surface area contributed by atoms with Gasteiger partial charge >= 0.3 is 0 Å². The lowest BCUT2D eigenvalue weighted by molar-refractivity contribution is 0.0787. The number of aromatic nitrogens is 2. The molecule has 1 amide bonds. The predicted octanol–water partition coefficient (Wildman–Crippen LogP) is 5.05. The molecule has 0 spiro atoms. The molecule has 3 heterocycles. The summed E-state index contributed by atoms with van der Waals surface area (Å²) in [5, 5.41) is 3.36. The monoisotopic (exact) mass is 404 g/mol. The largest absolute Gasteiger partial charge is 0.363 e. The molecule has 1 aliphatic rings. The molecule has 3 aromatic rings. The Kier molecular flexibility index (Phi) is 5.24. The molecule has 1 aliphatic heterocycles. The highest BCUT2D eigenvalue weighted by atomic mass is 19.1. The Bertz CT molecular complexity index is 1110. The van der Waals surface area contributed by atoms with Crippen LogP contribution in [0.2, 0.25) is 0 Å². The minimum atomic E-state index is -0.273. The minimum absolute atomic E-state index is 0.0314. The van der Waals surface area contributed by atoms with Gasteiger partial charge in [-0.15, -0.1) is 0 Å². The van der Waals surface area contributed by atoms with E-state index in [9.17, 15) is 9.18 Å². The fourth-order valence-electron chi connectivity index (χ4n) is 3.98. The third kappa shape index (κ3) is 3.65. The fraction of sp³-hybridized carbons (Fsp3) is 0.292. The Morgan fingerprint density at radius 2 is 1.87 bits per heavy atom.